The molecule has 1 unspecified atom stereocenters. The van der Waals surface area contributed by atoms with Crippen molar-refractivity contribution in [1.29, 1.82) is 0 Å². The number of thioether (sulfide) groups is 1. The molecule has 0 radical (unpaired) electrons. The van der Waals surface area contributed by atoms with Gasteiger partial charge < -0.3 is 5.32 Å². The molecule has 1 amide bonds. The van der Waals surface area contributed by atoms with E-state index >= 15 is 0 Å². The van der Waals surface area contributed by atoms with Gasteiger partial charge in [-0.1, -0.05) is 73.5 Å². The summed E-state index contributed by atoms with van der Waals surface area (Å²) in [5.41, 5.74) is 1.14. The summed E-state index contributed by atoms with van der Waals surface area (Å²) < 4.78 is 0.840. The van der Waals surface area contributed by atoms with Crippen molar-refractivity contribution in [2.45, 2.75) is 49.6 Å². The first kappa shape index (κ1) is 19.2. The molecule has 24 heavy (non-hydrogen) atoms. The Labute approximate surface area is 156 Å². The van der Waals surface area contributed by atoms with Gasteiger partial charge in [0.25, 0.3) is 0 Å². The van der Waals surface area contributed by atoms with Crippen molar-refractivity contribution in [2.24, 2.45) is 5.92 Å². The Morgan fingerprint density at radius 1 is 1.38 bits per heavy atom. The van der Waals surface area contributed by atoms with Gasteiger partial charge in [-0.2, -0.15) is 0 Å². The van der Waals surface area contributed by atoms with E-state index in [0.29, 0.717) is 5.13 Å². The summed E-state index contributed by atoms with van der Waals surface area (Å²) in [6.45, 7) is 4.19. The molecule has 2 aromatic rings. The molecular formula is C17H22ClN3OS2. The van der Waals surface area contributed by atoms with E-state index in [2.05, 4.69) is 22.4 Å². The van der Waals surface area contributed by atoms with E-state index < -0.39 is 0 Å². The molecule has 7 heteroatoms. The molecule has 0 bridgehead atoms. The molecule has 1 heterocycles. The summed E-state index contributed by atoms with van der Waals surface area (Å²) in [4.78, 5) is 12.3. The average molecular weight is 384 g/mol. The number of rotatable bonds is 9. The number of hydrogen-bond acceptors (Lipinski definition) is 5. The third kappa shape index (κ3) is 6.07. The summed E-state index contributed by atoms with van der Waals surface area (Å²) in [6, 6.07) is 7.77. The van der Waals surface area contributed by atoms with E-state index in [1.54, 1.807) is 11.8 Å². The smallest absolute Gasteiger partial charge is 0.229 e. The number of amides is 1. The minimum atomic E-state index is 0.0495. The first-order chi connectivity index (χ1) is 11.6. The van der Waals surface area contributed by atoms with E-state index in [1.165, 1.54) is 11.3 Å². The minimum Gasteiger partial charge on any atom is -0.300 e. The Morgan fingerprint density at radius 2 is 2.21 bits per heavy atom. The molecule has 0 fully saturated rings. The fourth-order valence-corrected chi connectivity index (χ4v) is 4.18. The second-order valence-corrected chi connectivity index (χ2v) is 8.16. The summed E-state index contributed by atoms with van der Waals surface area (Å²) >= 11 is 8.99. The Kier molecular flexibility index (Phi) is 8.02. The number of anilines is 1. The number of nitrogens with zero attached hydrogens (tertiary/aromatic N) is 2. The quantitative estimate of drug-likeness (QED) is 0.449. The van der Waals surface area contributed by atoms with Crippen molar-refractivity contribution in [1.82, 2.24) is 10.2 Å². The van der Waals surface area contributed by atoms with Crippen LogP contribution in [0.4, 0.5) is 5.13 Å². The number of aromatic nitrogens is 2. The third-order valence-electron chi connectivity index (χ3n) is 3.66. The molecule has 0 aliphatic heterocycles. The van der Waals surface area contributed by atoms with E-state index in [9.17, 15) is 4.79 Å². The zero-order valence-corrected chi connectivity index (χ0v) is 16.3. The van der Waals surface area contributed by atoms with Crippen molar-refractivity contribution in [3.05, 3.63) is 34.9 Å². The SMILES string of the molecule is CCCCC(CC)C(=O)Nc1nnc(SCc2cccc(Cl)c2)s1. The van der Waals surface area contributed by atoms with Crippen LogP contribution in [0.1, 0.15) is 45.1 Å². The topological polar surface area (TPSA) is 54.9 Å². The van der Waals surface area contributed by atoms with E-state index in [-0.39, 0.29) is 11.8 Å². The predicted molar refractivity (Wildman–Crippen MR) is 103 cm³/mol. The van der Waals surface area contributed by atoms with Crippen molar-refractivity contribution in [3.63, 3.8) is 0 Å². The Bertz CT molecular complexity index is 663. The van der Waals surface area contributed by atoms with Crippen LogP contribution < -0.4 is 5.32 Å². The molecule has 1 N–H and O–H groups in total. The van der Waals surface area contributed by atoms with Gasteiger partial charge in [0.05, 0.1) is 0 Å². The lowest BCUT2D eigenvalue weighted by atomic mass is 9.99. The first-order valence-electron chi connectivity index (χ1n) is 8.14. The van der Waals surface area contributed by atoms with Gasteiger partial charge in [0, 0.05) is 16.7 Å². The van der Waals surface area contributed by atoms with Crippen LogP contribution in [0.25, 0.3) is 0 Å². The molecule has 0 saturated heterocycles. The van der Waals surface area contributed by atoms with Crippen LogP contribution in [-0.4, -0.2) is 16.1 Å². The maximum atomic E-state index is 12.3. The van der Waals surface area contributed by atoms with E-state index in [0.717, 1.165) is 46.4 Å². The largest absolute Gasteiger partial charge is 0.300 e. The lowest BCUT2D eigenvalue weighted by molar-refractivity contribution is -0.120. The number of nitrogens with one attached hydrogen (secondary N) is 1. The second kappa shape index (κ2) is 10.0. The van der Waals surface area contributed by atoms with Crippen molar-refractivity contribution >= 4 is 45.7 Å². The second-order valence-electron chi connectivity index (χ2n) is 5.53. The highest BCUT2D eigenvalue weighted by molar-refractivity contribution is 8.00. The number of benzene rings is 1. The number of carbonyl (C=O) groups is 1. The Balaban J connectivity index is 1.87. The minimum absolute atomic E-state index is 0.0495. The van der Waals surface area contributed by atoms with Crippen LogP contribution in [0.2, 0.25) is 5.02 Å². The molecule has 130 valence electrons. The van der Waals surface area contributed by atoms with Gasteiger partial charge in [-0.05, 0) is 30.5 Å². The predicted octanol–water partition coefficient (Wildman–Crippen LogP) is 5.64. The van der Waals surface area contributed by atoms with Crippen LogP contribution in [0.3, 0.4) is 0 Å². The lowest BCUT2D eigenvalue weighted by Gasteiger charge is -2.12. The standard InChI is InChI=1S/C17H22ClN3OS2/c1-3-5-8-13(4-2)15(22)19-16-20-21-17(24-16)23-11-12-7-6-9-14(18)10-12/h6-7,9-10,13H,3-5,8,11H2,1-2H3,(H,19,20,22). The van der Waals surface area contributed by atoms with Crippen molar-refractivity contribution in [3.8, 4) is 0 Å². The first-order valence-corrected chi connectivity index (χ1v) is 10.3. The fourth-order valence-electron chi connectivity index (χ4n) is 2.27. The molecule has 0 aliphatic rings. The van der Waals surface area contributed by atoms with Gasteiger partial charge in [-0.15, -0.1) is 10.2 Å². The molecule has 0 saturated carbocycles. The maximum Gasteiger partial charge on any atom is 0.229 e. The van der Waals surface area contributed by atoms with Gasteiger partial charge in [-0.25, -0.2) is 0 Å². The zero-order chi connectivity index (χ0) is 17.4. The number of unbranched alkanes of at least 4 members (excludes halogenated alkanes) is 1. The van der Waals surface area contributed by atoms with Crippen LogP contribution in [-0.2, 0) is 10.5 Å². The lowest BCUT2D eigenvalue weighted by Crippen LogP contribution is -2.22. The van der Waals surface area contributed by atoms with Gasteiger partial charge in [-0.3, -0.25) is 4.79 Å². The molecule has 2 rings (SSSR count). The number of carbonyl (C=O) groups excluding carboxylic acids is 1. The van der Waals surface area contributed by atoms with Crippen LogP contribution in [0.5, 0.6) is 0 Å². The Morgan fingerprint density at radius 3 is 2.92 bits per heavy atom. The molecule has 4 nitrogen and oxygen atoms in total. The molecular weight excluding hydrogens is 362 g/mol. The fraction of sp³-hybridized carbons (Fsp3) is 0.471. The molecule has 1 atom stereocenters. The molecule has 0 spiro atoms. The summed E-state index contributed by atoms with van der Waals surface area (Å²) in [5.74, 6) is 0.877. The molecule has 1 aromatic carbocycles. The highest BCUT2D eigenvalue weighted by Gasteiger charge is 2.17. The average Bonchev–Trinajstić information content (AvgIpc) is 3.01. The van der Waals surface area contributed by atoms with Crippen molar-refractivity contribution in [2.75, 3.05) is 5.32 Å². The maximum absolute atomic E-state index is 12.3. The summed E-state index contributed by atoms with van der Waals surface area (Å²) in [5, 5.41) is 12.4. The van der Waals surface area contributed by atoms with Gasteiger partial charge in [0.1, 0.15) is 0 Å². The molecule has 0 aliphatic carbocycles. The number of halogens is 1. The third-order valence-corrected chi connectivity index (χ3v) is 5.94. The van der Waals surface area contributed by atoms with Crippen LogP contribution in [0.15, 0.2) is 28.6 Å². The van der Waals surface area contributed by atoms with Crippen LogP contribution >= 0.6 is 34.7 Å². The van der Waals surface area contributed by atoms with E-state index in [1.807, 2.05) is 31.2 Å². The monoisotopic (exact) mass is 383 g/mol. The summed E-state index contributed by atoms with van der Waals surface area (Å²) in [6.07, 6.45) is 3.95. The van der Waals surface area contributed by atoms with Crippen molar-refractivity contribution < 1.29 is 4.79 Å². The van der Waals surface area contributed by atoms with Gasteiger partial charge in [0.2, 0.25) is 11.0 Å². The summed E-state index contributed by atoms with van der Waals surface area (Å²) in [7, 11) is 0. The Hall–Kier alpha value is -1.11. The molecule has 1 aromatic heterocycles. The van der Waals surface area contributed by atoms with Gasteiger partial charge >= 0.3 is 0 Å². The van der Waals surface area contributed by atoms with Crippen LogP contribution in [0, 0.1) is 5.92 Å². The van der Waals surface area contributed by atoms with E-state index in [4.69, 9.17) is 11.6 Å². The highest BCUT2D eigenvalue weighted by Crippen LogP contribution is 2.29. The van der Waals surface area contributed by atoms with Gasteiger partial charge in [0.15, 0.2) is 4.34 Å². The zero-order valence-electron chi connectivity index (χ0n) is 13.9. The normalized spacial score (nSPS) is 12.1. The number of hydrogen-bond donors (Lipinski definition) is 1. The highest BCUT2D eigenvalue weighted by atomic mass is 35.5.